The topological polar surface area (TPSA) is 171 Å². The van der Waals surface area contributed by atoms with Crippen LogP contribution in [-0.4, -0.2) is 92.1 Å². The van der Waals surface area contributed by atoms with E-state index in [2.05, 4.69) is 33.2 Å². The van der Waals surface area contributed by atoms with Gasteiger partial charge in [-0.05, 0) is 31.3 Å². The van der Waals surface area contributed by atoms with Crippen LogP contribution in [0.5, 0.6) is 0 Å². The second-order valence-electron chi connectivity index (χ2n) is 7.50. The van der Waals surface area contributed by atoms with Crippen molar-refractivity contribution in [3.8, 4) is 0 Å². The molecule has 178 valence electrons. The van der Waals surface area contributed by atoms with Crippen LogP contribution >= 0.6 is 24.4 Å². The van der Waals surface area contributed by atoms with Gasteiger partial charge in [-0.25, -0.2) is 9.78 Å². The number of carboxylic acid groups (broad SMARTS) is 1. The molecule has 1 aromatic rings. The molecule has 13 heteroatoms. The first-order chi connectivity index (χ1) is 15.3. The fourth-order valence-electron chi connectivity index (χ4n) is 3.45. The Labute approximate surface area is 196 Å². The van der Waals surface area contributed by atoms with E-state index in [0.29, 0.717) is 30.8 Å². The van der Waals surface area contributed by atoms with Gasteiger partial charge in [0.1, 0.15) is 18.1 Å². The summed E-state index contributed by atoms with van der Waals surface area (Å²) >= 11 is 5.67. The molecule has 1 fully saturated rings. The summed E-state index contributed by atoms with van der Waals surface area (Å²) < 4.78 is 0. The molecule has 4 atom stereocenters. The molecule has 1 aliphatic rings. The molecule has 11 nitrogen and oxygen atoms in total. The number of H-pyrrole nitrogens is 1. The van der Waals surface area contributed by atoms with Crippen molar-refractivity contribution in [2.24, 2.45) is 5.73 Å². The van der Waals surface area contributed by atoms with Gasteiger partial charge >= 0.3 is 5.97 Å². The lowest BCUT2D eigenvalue weighted by Crippen LogP contribution is -2.57. The van der Waals surface area contributed by atoms with Crippen LogP contribution in [0.4, 0.5) is 0 Å². The lowest BCUT2D eigenvalue weighted by atomic mass is 10.1. The molecule has 0 radical (unpaired) electrons. The molecule has 2 rings (SSSR count). The zero-order valence-corrected chi connectivity index (χ0v) is 19.5. The number of imidazole rings is 1. The quantitative estimate of drug-likeness (QED) is 0.204. The number of rotatable bonds is 12. The number of hydrogen-bond donors (Lipinski definition) is 6. The van der Waals surface area contributed by atoms with Gasteiger partial charge in [-0.2, -0.15) is 24.4 Å². The predicted octanol–water partition coefficient (Wildman–Crippen LogP) is -0.992. The number of nitrogens with two attached hydrogens (primary N) is 1. The number of amides is 3. The fraction of sp³-hybridized carbons (Fsp3) is 0.632. The molecule has 4 unspecified atom stereocenters. The minimum Gasteiger partial charge on any atom is -0.480 e. The number of nitrogens with one attached hydrogen (secondary N) is 3. The second-order valence-corrected chi connectivity index (χ2v) is 8.85. The predicted molar refractivity (Wildman–Crippen MR) is 123 cm³/mol. The van der Waals surface area contributed by atoms with Crippen LogP contribution in [0.15, 0.2) is 12.5 Å². The molecule has 2 heterocycles. The van der Waals surface area contributed by atoms with Crippen LogP contribution in [0, 0.1) is 0 Å². The van der Waals surface area contributed by atoms with Crippen molar-refractivity contribution in [3.63, 3.8) is 0 Å². The number of aliphatic carboxylic acids is 1. The highest BCUT2D eigenvalue weighted by Crippen LogP contribution is 2.19. The number of carbonyl (C=O) groups is 4. The zero-order chi connectivity index (χ0) is 23.7. The first kappa shape index (κ1) is 26.0. The Balaban J connectivity index is 1.99. The minimum absolute atomic E-state index is 0.0255. The molecule has 6 N–H and O–H groups in total. The number of nitrogens with zero attached hydrogens (tertiary/aromatic N) is 2. The van der Waals surface area contributed by atoms with E-state index in [1.807, 2.05) is 6.26 Å². The van der Waals surface area contributed by atoms with Gasteiger partial charge in [0.15, 0.2) is 0 Å². The van der Waals surface area contributed by atoms with E-state index in [0.717, 1.165) is 0 Å². The molecule has 0 aromatic carbocycles. The van der Waals surface area contributed by atoms with Crippen molar-refractivity contribution < 1.29 is 24.3 Å². The number of thiol groups is 1. The first-order valence-electron chi connectivity index (χ1n) is 10.2. The summed E-state index contributed by atoms with van der Waals surface area (Å²) in [6.45, 7) is 0.333. The number of aromatic amines is 1. The van der Waals surface area contributed by atoms with Crippen molar-refractivity contribution in [2.75, 3.05) is 24.3 Å². The van der Waals surface area contributed by atoms with Crippen molar-refractivity contribution >= 4 is 48.1 Å². The maximum Gasteiger partial charge on any atom is 0.326 e. The van der Waals surface area contributed by atoms with Gasteiger partial charge in [0.25, 0.3) is 0 Å². The molecule has 3 amide bonds. The van der Waals surface area contributed by atoms with Crippen LogP contribution in [0.25, 0.3) is 0 Å². The number of thioether (sulfide) groups is 1. The highest BCUT2D eigenvalue weighted by Gasteiger charge is 2.38. The van der Waals surface area contributed by atoms with Crippen LogP contribution in [0.3, 0.4) is 0 Å². The third-order valence-corrected chi connectivity index (χ3v) is 6.20. The van der Waals surface area contributed by atoms with Gasteiger partial charge in [0.2, 0.25) is 17.7 Å². The monoisotopic (exact) mass is 486 g/mol. The van der Waals surface area contributed by atoms with Crippen LogP contribution in [-0.2, 0) is 25.6 Å². The molecule has 0 aliphatic carbocycles. The fourth-order valence-corrected chi connectivity index (χ4v) is 4.17. The van der Waals surface area contributed by atoms with E-state index in [4.69, 9.17) is 5.73 Å². The lowest BCUT2D eigenvalue weighted by molar-refractivity contribution is -0.144. The SMILES string of the molecule is CSCCC(NC(=O)C1CCCN1C(=O)C(CS)NC(=O)C(N)Cc1cnc[nH]1)C(=O)O. The maximum atomic E-state index is 13.1. The van der Waals surface area contributed by atoms with Gasteiger partial charge < -0.3 is 31.4 Å². The molecule has 1 aliphatic heterocycles. The number of aromatic nitrogens is 2. The molecular formula is C19H30N6O5S2. The Kier molecular flexibility index (Phi) is 10.3. The Morgan fingerprint density at radius 2 is 2.12 bits per heavy atom. The second kappa shape index (κ2) is 12.7. The molecule has 0 spiro atoms. The third-order valence-electron chi connectivity index (χ3n) is 5.19. The van der Waals surface area contributed by atoms with Crippen molar-refractivity contribution in [1.82, 2.24) is 25.5 Å². The van der Waals surface area contributed by atoms with Crippen LogP contribution < -0.4 is 16.4 Å². The molecule has 0 saturated carbocycles. The van der Waals surface area contributed by atoms with Crippen molar-refractivity contribution in [3.05, 3.63) is 18.2 Å². The lowest BCUT2D eigenvalue weighted by Gasteiger charge is -2.29. The normalized spacial score (nSPS) is 18.6. The average Bonchev–Trinajstić information content (AvgIpc) is 3.45. The van der Waals surface area contributed by atoms with Gasteiger partial charge in [-0.1, -0.05) is 0 Å². The number of carbonyl (C=O) groups excluding carboxylic acids is 3. The van der Waals surface area contributed by atoms with Crippen molar-refractivity contribution in [2.45, 2.75) is 49.9 Å². The Morgan fingerprint density at radius 3 is 2.72 bits per heavy atom. The molecule has 0 bridgehead atoms. The van der Waals surface area contributed by atoms with E-state index >= 15 is 0 Å². The average molecular weight is 487 g/mol. The van der Waals surface area contributed by atoms with Crippen molar-refractivity contribution in [1.29, 1.82) is 0 Å². The van der Waals surface area contributed by atoms with E-state index in [9.17, 15) is 24.3 Å². The summed E-state index contributed by atoms with van der Waals surface area (Å²) in [5.74, 6) is -1.99. The minimum atomic E-state index is -1.12. The highest BCUT2D eigenvalue weighted by molar-refractivity contribution is 7.98. The van der Waals surface area contributed by atoms with Gasteiger partial charge in [-0.15, -0.1) is 0 Å². The Morgan fingerprint density at radius 1 is 1.38 bits per heavy atom. The van der Waals surface area contributed by atoms with Gasteiger partial charge in [-0.3, -0.25) is 14.4 Å². The Hall–Kier alpha value is -2.25. The Bertz CT molecular complexity index is 793. The summed E-state index contributed by atoms with van der Waals surface area (Å²) in [5.41, 5.74) is 6.62. The number of carboxylic acids is 1. The van der Waals surface area contributed by atoms with Crippen LogP contribution in [0.1, 0.15) is 25.0 Å². The summed E-state index contributed by atoms with van der Waals surface area (Å²) in [7, 11) is 0. The van der Waals surface area contributed by atoms with Crippen LogP contribution in [0.2, 0.25) is 0 Å². The molecular weight excluding hydrogens is 456 g/mol. The maximum absolute atomic E-state index is 13.1. The zero-order valence-electron chi connectivity index (χ0n) is 17.8. The van der Waals surface area contributed by atoms with E-state index in [1.165, 1.54) is 23.0 Å². The smallest absolute Gasteiger partial charge is 0.326 e. The highest BCUT2D eigenvalue weighted by atomic mass is 32.2. The van der Waals surface area contributed by atoms with Gasteiger partial charge in [0.05, 0.1) is 12.4 Å². The first-order valence-corrected chi connectivity index (χ1v) is 12.3. The molecule has 1 saturated heterocycles. The summed E-state index contributed by atoms with van der Waals surface area (Å²) in [4.78, 5) is 57.8. The summed E-state index contributed by atoms with van der Waals surface area (Å²) in [6.07, 6.45) is 6.41. The van der Waals surface area contributed by atoms with Gasteiger partial charge in [0, 0.05) is 30.6 Å². The number of hydrogen-bond acceptors (Lipinski definition) is 8. The standard InChI is InChI=1S/C19H30N6O5S2/c1-32-6-4-13(19(29)30)23-17(27)15-3-2-5-25(15)18(28)14(9-31)24-16(26)12(20)7-11-8-21-10-22-11/h8,10,12-15,31H,2-7,9,20H2,1H3,(H,21,22)(H,23,27)(H,24,26)(H,29,30). The largest absolute Gasteiger partial charge is 0.480 e. The summed E-state index contributed by atoms with van der Waals surface area (Å²) in [5, 5.41) is 14.5. The van der Waals surface area contributed by atoms with E-state index in [1.54, 1.807) is 6.20 Å². The summed E-state index contributed by atoms with van der Waals surface area (Å²) in [6, 6.07) is -3.67. The number of likely N-dealkylation sites (tertiary alicyclic amines) is 1. The molecule has 1 aromatic heterocycles. The third kappa shape index (κ3) is 7.14. The molecule has 32 heavy (non-hydrogen) atoms. The van der Waals surface area contributed by atoms with E-state index in [-0.39, 0.29) is 18.6 Å². The van der Waals surface area contributed by atoms with E-state index < -0.39 is 47.9 Å².